The lowest BCUT2D eigenvalue weighted by Crippen LogP contribution is -1.99. The van der Waals surface area contributed by atoms with Gasteiger partial charge in [0.25, 0.3) is 0 Å². The molecule has 3 rings (SSSR count). The van der Waals surface area contributed by atoms with E-state index in [1.807, 2.05) is 18.2 Å². The zero-order valence-corrected chi connectivity index (χ0v) is 10.9. The summed E-state index contributed by atoms with van der Waals surface area (Å²) in [5, 5.41) is 19.8. The molecule has 0 spiro atoms. The Kier molecular flexibility index (Phi) is 3.61. The van der Waals surface area contributed by atoms with E-state index in [4.69, 9.17) is 14.4 Å². The zero-order valence-electron chi connectivity index (χ0n) is 10.9. The van der Waals surface area contributed by atoms with Crippen LogP contribution in [0.15, 0.2) is 28.7 Å². The number of rotatable bonds is 4. The maximum Gasteiger partial charge on any atom is 0.315 e. The van der Waals surface area contributed by atoms with Crippen LogP contribution in [0.3, 0.4) is 0 Å². The van der Waals surface area contributed by atoms with Crippen LogP contribution in [-0.4, -0.2) is 16.8 Å². The molecule has 0 bridgehead atoms. The van der Waals surface area contributed by atoms with Crippen molar-refractivity contribution in [3.63, 3.8) is 0 Å². The molecule has 1 atom stereocenters. The number of anilines is 1. The first-order valence-corrected chi connectivity index (χ1v) is 6.53. The van der Waals surface area contributed by atoms with E-state index in [0.717, 1.165) is 25.0 Å². The Morgan fingerprint density at radius 2 is 2.35 bits per heavy atom. The minimum atomic E-state index is -0.0695. The molecule has 2 heterocycles. The Balaban J connectivity index is 1.62. The third-order valence-corrected chi connectivity index (χ3v) is 3.15. The van der Waals surface area contributed by atoms with Gasteiger partial charge in [-0.1, -0.05) is 17.2 Å². The van der Waals surface area contributed by atoms with E-state index in [1.165, 1.54) is 0 Å². The fourth-order valence-corrected chi connectivity index (χ4v) is 2.14. The summed E-state index contributed by atoms with van der Waals surface area (Å²) in [6.07, 6.45) is 1.88. The summed E-state index contributed by atoms with van der Waals surface area (Å²) in [5.41, 5.74) is 1.62. The molecule has 2 aromatic rings. The second-order valence-electron chi connectivity index (χ2n) is 4.61. The number of aromatic nitrogens is 2. The molecule has 1 aromatic carbocycles. The Morgan fingerprint density at radius 1 is 1.40 bits per heavy atom. The van der Waals surface area contributed by atoms with Gasteiger partial charge in [0.1, 0.15) is 6.10 Å². The molecule has 20 heavy (non-hydrogen) atoms. The van der Waals surface area contributed by atoms with Crippen molar-refractivity contribution in [1.29, 1.82) is 5.26 Å². The molecule has 0 aliphatic carbocycles. The number of benzene rings is 1. The second-order valence-corrected chi connectivity index (χ2v) is 4.61. The smallest absolute Gasteiger partial charge is 0.315 e. The summed E-state index contributed by atoms with van der Waals surface area (Å²) in [4.78, 5) is 0. The number of nitriles is 1. The highest BCUT2D eigenvalue weighted by molar-refractivity contribution is 5.34. The van der Waals surface area contributed by atoms with Crippen LogP contribution in [0.25, 0.3) is 0 Å². The van der Waals surface area contributed by atoms with Crippen LogP contribution < -0.4 is 5.32 Å². The van der Waals surface area contributed by atoms with E-state index in [9.17, 15) is 0 Å². The van der Waals surface area contributed by atoms with Crippen molar-refractivity contribution in [3.05, 3.63) is 41.3 Å². The summed E-state index contributed by atoms with van der Waals surface area (Å²) < 4.78 is 11.0. The molecule has 0 unspecified atom stereocenters. The number of nitrogens with one attached hydrogen (secondary N) is 1. The molecule has 6 heteroatoms. The van der Waals surface area contributed by atoms with Crippen molar-refractivity contribution >= 4 is 6.01 Å². The molecule has 6 nitrogen and oxygen atoms in total. The van der Waals surface area contributed by atoms with Crippen molar-refractivity contribution in [2.75, 3.05) is 11.9 Å². The largest absolute Gasteiger partial charge is 0.405 e. The summed E-state index contributed by atoms with van der Waals surface area (Å²) >= 11 is 0. The van der Waals surface area contributed by atoms with Gasteiger partial charge in [-0.05, 0) is 30.5 Å². The Bertz CT molecular complexity index is 626. The van der Waals surface area contributed by atoms with Gasteiger partial charge in [-0.2, -0.15) is 5.26 Å². The molecule has 102 valence electrons. The topological polar surface area (TPSA) is 84.0 Å². The normalized spacial score (nSPS) is 17.9. The van der Waals surface area contributed by atoms with Crippen LogP contribution in [-0.2, 0) is 11.3 Å². The van der Waals surface area contributed by atoms with Gasteiger partial charge < -0.3 is 14.5 Å². The molecule has 1 saturated heterocycles. The Labute approximate surface area is 116 Å². The monoisotopic (exact) mass is 270 g/mol. The van der Waals surface area contributed by atoms with E-state index in [-0.39, 0.29) is 6.10 Å². The van der Waals surface area contributed by atoms with Crippen LogP contribution in [0.4, 0.5) is 6.01 Å². The molecule has 1 N–H and O–H groups in total. The lowest BCUT2D eigenvalue weighted by Gasteiger charge is -2.03. The lowest BCUT2D eigenvalue weighted by atomic mass is 10.1. The van der Waals surface area contributed by atoms with Crippen LogP contribution in [0.1, 0.15) is 36.0 Å². The van der Waals surface area contributed by atoms with Crippen LogP contribution in [0, 0.1) is 11.3 Å². The summed E-state index contributed by atoms with van der Waals surface area (Å²) in [6.45, 7) is 1.28. The number of hydrogen-bond donors (Lipinski definition) is 1. The lowest BCUT2D eigenvalue weighted by molar-refractivity contribution is 0.0897. The quantitative estimate of drug-likeness (QED) is 0.918. The number of ether oxygens (including phenoxy) is 1. The number of hydrogen-bond acceptors (Lipinski definition) is 6. The fraction of sp³-hybridized carbons (Fsp3) is 0.357. The first-order chi connectivity index (χ1) is 9.85. The molecule has 1 aliphatic rings. The van der Waals surface area contributed by atoms with E-state index in [0.29, 0.717) is 24.0 Å². The third-order valence-electron chi connectivity index (χ3n) is 3.15. The standard InChI is InChI=1S/C14H14N4O2/c15-8-10-3-1-4-11(7-10)9-16-14-18-17-13(20-14)12-5-2-6-19-12/h1,3-4,7,12H,2,5-6,9H2,(H,16,18)/t12-/m0/s1. The van der Waals surface area contributed by atoms with Gasteiger partial charge in [0, 0.05) is 13.2 Å². The van der Waals surface area contributed by atoms with E-state index in [1.54, 1.807) is 6.07 Å². The molecule has 1 aromatic heterocycles. The van der Waals surface area contributed by atoms with Crippen LogP contribution in [0.2, 0.25) is 0 Å². The van der Waals surface area contributed by atoms with Gasteiger partial charge in [0.15, 0.2) is 0 Å². The minimum absolute atomic E-state index is 0.0695. The Hall–Kier alpha value is -2.39. The third kappa shape index (κ3) is 2.78. The molecule has 1 aliphatic heterocycles. The first kappa shape index (κ1) is 12.6. The van der Waals surface area contributed by atoms with Gasteiger partial charge in [-0.3, -0.25) is 0 Å². The summed E-state index contributed by atoms with van der Waals surface area (Å²) in [5.74, 6) is 0.524. The SMILES string of the molecule is N#Cc1cccc(CNc2nnc([C@@H]3CCCO3)o2)c1. The van der Waals surface area contributed by atoms with Crippen molar-refractivity contribution in [1.82, 2.24) is 10.2 Å². The predicted octanol–water partition coefficient (Wildman–Crippen LogP) is 2.40. The van der Waals surface area contributed by atoms with E-state index in [2.05, 4.69) is 21.6 Å². The second kappa shape index (κ2) is 5.72. The van der Waals surface area contributed by atoms with Gasteiger partial charge in [0.2, 0.25) is 5.89 Å². The minimum Gasteiger partial charge on any atom is -0.405 e. The molecule has 0 saturated carbocycles. The van der Waals surface area contributed by atoms with Crippen molar-refractivity contribution in [3.8, 4) is 6.07 Å². The maximum absolute atomic E-state index is 8.85. The highest BCUT2D eigenvalue weighted by Gasteiger charge is 2.23. The van der Waals surface area contributed by atoms with Crippen molar-refractivity contribution in [2.45, 2.75) is 25.5 Å². The highest BCUT2D eigenvalue weighted by atomic mass is 16.5. The molecule has 1 fully saturated rings. The van der Waals surface area contributed by atoms with Gasteiger partial charge in [0.05, 0.1) is 11.6 Å². The molecule has 0 amide bonds. The number of nitrogens with zero attached hydrogens (tertiary/aromatic N) is 3. The Morgan fingerprint density at radius 3 is 3.15 bits per heavy atom. The highest BCUT2D eigenvalue weighted by Crippen LogP contribution is 2.28. The van der Waals surface area contributed by atoms with E-state index < -0.39 is 0 Å². The average molecular weight is 270 g/mol. The van der Waals surface area contributed by atoms with Gasteiger partial charge in [-0.15, -0.1) is 5.10 Å². The van der Waals surface area contributed by atoms with Gasteiger partial charge >= 0.3 is 6.01 Å². The molecular weight excluding hydrogens is 256 g/mol. The predicted molar refractivity (Wildman–Crippen MR) is 70.7 cm³/mol. The zero-order chi connectivity index (χ0) is 13.8. The average Bonchev–Trinajstić information content (AvgIpc) is 3.16. The fourth-order valence-electron chi connectivity index (χ4n) is 2.14. The maximum atomic E-state index is 8.85. The van der Waals surface area contributed by atoms with Crippen molar-refractivity contribution < 1.29 is 9.15 Å². The molecule has 0 radical (unpaired) electrons. The summed E-state index contributed by atoms with van der Waals surface area (Å²) in [6, 6.07) is 9.86. The van der Waals surface area contributed by atoms with Gasteiger partial charge in [-0.25, -0.2) is 0 Å². The summed E-state index contributed by atoms with van der Waals surface area (Å²) in [7, 11) is 0. The van der Waals surface area contributed by atoms with E-state index >= 15 is 0 Å². The first-order valence-electron chi connectivity index (χ1n) is 6.53. The van der Waals surface area contributed by atoms with Crippen LogP contribution >= 0.6 is 0 Å². The van der Waals surface area contributed by atoms with Crippen molar-refractivity contribution in [2.24, 2.45) is 0 Å². The van der Waals surface area contributed by atoms with Crippen LogP contribution in [0.5, 0.6) is 0 Å². The molecular formula is C14H14N4O2.